The van der Waals surface area contributed by atoms with E-state index in [4.69, 9.17) is 0 Å². The van der Waals surface area contributed by atoms with Crippen LogP contribution in [0, 0.1) is 5.92 Å². The summed E-state index contributed by atoms with van der Waals surface area (Å²) in [6.07, 6.45) is 4.53. The minimum atomic E-state index is -3.83. The normalized spacial score (nSPS) is 13.9. The van der Waals surface area contributed by atoms with E-state index in [-0.39, 0.29) is 27.3 Å². The Labute approximate surface area is 195 Å². The molecule has 3 aromatic rings. The van der Waals surface area contributed by atoms with Crippen LogP contribution < -0.4 is 15.5 Å². The SMILES string of the molecule is C/C(=N\NC(=O)c1ccncc1NS(=O)(=O)c1cccs1)c1ccc(NC(=O)C2CC2)cc1. The Morgan fingerprint density at radius 1 is 1.12 bits per heavy atom. The van der Waals surface area contributed by atoms with Crippen molar-refractivity contribution >= 4 is 50.3 Å². The largest absolute Gasteiger partial charge is 0.326 e. The predicted molar refractivity (Wildman–Crippen MR) is 127 cm³/mol. The lowest BCUT2D eigenvalue weighted by Gasteiger charge is -2.10. The van der Waals surface area contributed by atoms with Crippen molar-refractivity contribution in [3.63, 3.8) is 0 Å². The highest BCUT2D eigenvalue weighted by molar-refractivity contribution is 7.94. The van der Waals surface area contributed by atoms with Crippen LogP contribution in [-0.2, 0) is 14.8 Å². The Morgan fingerprint density at radius 3 is 2.55 bits per heavy atom. The fraction of sp³-hybridized carbons (Fsp3) is 0.182. The molecule has 1 aliphatic carbocycles. The van der Waals surface area contributed by atoms with Crippen LogP contribution in [0.4, 0.5) is 11.4 Å². The molecule has 2 amide bonds. The number of rotatable bonds is 8. The van der Waals surface area contributed by atoms with E-state index in [1.807, 2.05) is 0 Å². The molecule has 0 unspecified atom stereocenters. The third-order valence-corrected chi connectivity index (χ3v) is 7.68. The maximum absolute atomic E-state index is 12.7. The minimum absolute atomic E-state index is 0.0308. The molecular formula is C22H21N5O4S2. The van der Waals surface area contributed by atoms with Gasteiger partial charge in [0.25, 0.3) is 15.9 Å². The summed E-state index contributed by atoms with van der Waals surface area (Å²) in [7, 11) is -3.83. The highest BCUT2D eigenvalue weighted by Gasteiger charge is 2.29. The number of carbonyl (C=O) groups is 2. The van der Waals surface area contributed by atoms with Crippen molar-refractivity contribution in [2.24, 2.45) is 11.0 Å². The number of aromatic nitrogens is 1. The summed E-state index contributed by atoms with van der Waals surface area (Å²) < 4.78 is 27.5. The number of amides is 2. The average Bonchev–Trinajstić information content (AvgIpc) is 3.51. The van der Waals surface area contributed by atoms with Crippen LogP contribution in [0.5, 0.6) is 0 Å². The van der Waals surface area contributed by atoms with Crippen LogP contribution >= 0.6 is 11.3 Å². The Hall–Kier alpha value is -3.57. The number of sulfonamides is 1. The summed E-state index contributed by atoms with van der Waals surface area (Å²) in [5.41, 5.74) is 4.58. The number of nitrogens with one attached hydrogen (secondary N) is 3. The summed E-state index contributed by atoms with van der Waals surface area (Å²) in [6.45, 7) is 1.73. The van der Waals surface area contributed by atoms with Gasteiger partial charge in [-0.15, -0.1) is 11.3 Å². The number of nitrogens with zero attached hydrogens (tertiary/aromatic N) is 2. The van der Waals surface area contributed by atoms with Gasteiger partial charge in [-0.3, -0.25) is 19.3 Å². The number of hydrogen-bond donors (Lipinski definition) is 3. The summed E-state index contributed by atoms with van der Waals surface area (Å²) >= 11 is 1.07. The fourth-order valence-electron chi connectivity index (χ4n) is 2.93. The van der Waals surface area contributed by atoms with E-state index >= 15 is 0 Å². The molecule has 0 saturated heterocycles. The van der Waals surface area contributed by atoms with Crippen molar-refractivity contribution < 1.29 is 18.0 Å². The fourth-order valence-corrected chi connectivity index (χ4v) is 4.99. The number of pyridine rings is 1. The van der Waals surface area contributed by atoms with Gasteiger partial charge in [-0.1, -0.05) is 18.2 Å². The molecule has 1 aliphatic rings. The van der Waals surface area contributed by atoms with Crippen LogP contribution in [0.1, 0.15) is 35.7 Å². The lowest BCUT2D eigenvalue weighted by Crippen LogP contribution is -2.22. The van der Waals surface area contributed by atoms with Gasteiger partial charge >= 0.3 is 0 Å². The average molecular weight is 484 g/mol. The van der Waals surface area contributed by atoms with Crippen molar-refractivity contribution in [1.82, 2.24) is 10.4 Å². The first-order valence-electron chi connectivity index (χ1n) is 10.1. The van der Waals surface area contributed by atoms with E-state index in [0.29, 0.717) is 11.4 Å². The highest BCUT2D eigenvalue weighted by Crippen LogP contribution is 2.30. The maximum atomic E-state index is 12.7. The van der Waals surface area contributed by atoms with Gasteiger partial charge in [0.2, 0.25) is 5.91 Å². The zero-order chi connectivity index (χ0) is 23.4. The quantitative estimate of drug-likeness (QED) is 0.334. The molecular weight excluding hydrogens is 462 g/mol. The van der Waals surface area contributed by atoms with E-state index < -0.39 is 15.9 Å². The second-order valence-corrected chi connectivity index (χ2v) is 10.3. The Bertz CT molecular complexity index is 1300. The number of hydrogen-bond acceptors (Lipinski definition) is 7. The van der Waals surface area contributed by atoms with Gasteiger partial charge in [-0.2, -0.15) is 5.10 Å². The van der Waals surface area contributed by atoms with Crippen molar-refractivity contribution in [1.29, 1.82) is 0 Å². The number of anilines is 2. The summed E-state index contributed by atoms with van der Waals surface area (Å²) in [5, 5.41) is 8.64. The van der Waals surface area contributed by atoms with Gasteiger partial charge in [-0.25, -0.2) is 13.8 Å². The van der Waals surface area contributed by atoms with Crippen molar-refractivity contribution in [3.05, 3.63) is 71.4 Å². The second kappa shape index (κ2) is 9.51. The first-order valence-corrected chi connectivity index (χ1v) is 12.5. The van der Waals surface area contributed by atoms with Crippen LogP contribution in [0.25, 0.3) is 0 Å². The van der Waals surface area contributed by atoms with Gasteiger partial charge in [0.05, 0.1) is 23.2 Å². The molecule has 1 saturated carbocycles. The molecule has 2 heterocycles. The van der Waals surface area contributed by atoms with Gasteiger partial charge in [-0.05, 0) is 55.0 Å². The van der Waals surface area contributed by atoms with Crippen molar-refractivity contribution in [2.45, 2.75) is 24.0 Å². The topological polar surface area (TPSA) is 130 Å². The number of thiophene rings is 1. The zero-order valence-electron chi connectivity index (χ0n) is 17.6. The Morgan fingerprint density at radius 2 is 1.88 bits per heavy atom. The van der Waals surface area contributed by atoms with Crippen molar-refractivity contribution in [2.75, 3.05) is 10.0 Å². The summed E-state index contributed by atoms with van der Waals surface area (Å²) in [5.74, 6) is -0.437. The third-order valence-electron chi connectivity index (χ3n) is 4.91. The summed E-state index contributed by atoms with van der Waals surface area (Å²) in [4.78, 5) is 28.5. The monoisotopic (exact) mass is 483 g/mol. The van der Waals surface area contributed by atoms with Crippen molar-refractivity contribution in [3.8, 4) is 0 Å². The molecule has 11 heteroatoms. The Kier molecular flexibility index (Phi) is 6.52. The van der Waals surface area contributed by atoms with Crippen LogP contribution in [-0.4, -0.2) is 30.9 Å². The lowest BCUT2D eigenvalue weighted by molar-refractivity contribution is -0.117. The van der Waals surface area contributed by atoms with E-state index in [0.717, 1.165) is 29.7 Å². The van der Waals surface area contributed by atoms with Gasteiger partial charge in [0.1, 0.15) is 4.21 Å². The first kappa shape index (κ1) is 22.6. The van der Waals surface area contributed by atoms with E-state index in [1.54, 1.807) is 42.6 Å². The maximum Gasteiger partial charge on any atom is 0.273 e. The molecule has 0 radical (unpaired) electrons. The molecule has 0 aliphatic heterocycles. The molecule has 4 rings (SSSR count). The zero-order valence-corrected chi connectivity index (χ0v) is 19.2. The second-order valence-electron chi connectivity index (χ2n) is 7.44. The summed E-state index contributed by atoms with van der Waals surface area (Å²) in [6, 6.07) is 11.6. The standard InChI is InChI=1S/C22H21N5O4S2/c1-14(15-6-8-17(9-7-15)24-21(28)16-4-5-16)25-26-22(29)18-10-11-23-13-19(18)27-33(30,31)20-3-2-12-32-20/h2-3,6-13,16,27H,4-5H2,1H3,(H,24,28)(H,26,29)/b25-14+. The first-order chi connectivity index (χ1) is 15.8. The molecule has 3 N–H and O–H groups in total. The molecule has 33 heavy (non-hydrogen) atoms. The van der Waals surface area contributed by atoms with Crippen LogP contribution in [0.2, 0.25) is 0 Å². The van der Waals surface area contributed by atoms with E-state index in [2.05, 4.69) is 25.6 Å². The highest BCUT2D eigenvalue weighted by atomic mass is 32.2. The molecule has 0 atom stereocenters. The molecule has 1 aromatic carbocycles. The smallest absolute Gasteiger partial charge is 0.273 e. The van der Waals surface area contributed by atoms with E-state index in [9.17, 15) is 18.0 Å². The molecule has 1 fully saturated rings. The minimum Gasteiger partial charge on any atom is -0.326 e. The molecule has 2 aromatic heterocycles. The molecule has 9 nitrogen and oxygen atoms in total. The van der Waals surface area contributed by atoms with Gasteiger partial charge < -0.3 is 5.32 Å². The predicted octanol–water partition coefficient (Wildman–Crippen LogP) is 3.45. The number of hydrazone groups is 1. The number of carbonyl (C=O) groups excluding carboxylic acids is 2. The van der Waals surface area contributed by atoms with Crippen LogP contribution in [0.3, 0.4) is 0 Å². The molecule has 170 valence electrons. The Balaban J connectivity index is 1.43. The molecule has 0 bridgehead atoms. The molecule has 0 spiro atoms. The third kappa shape index (κ3) is 5.62. The lowest BCUT2D eigenvalue weighted by atomic mass is 10.1. The van der Waals surface area contributed by atoms with Gasteiger partial charge in [0.15, 0.2) is 0 Å². The number of benzene rings is 1. The van der Waals surface area contributed by atoms with Gasteiger partial charge in [0, 0.05) is 17.8 Å². The van der Waals surface area contributed by atoms with Crippen LogP contribution in [0.15, 0.2) is 69.5 Å². The van der Waals surface area contributed by atoms with E-state index in [1.165, 1.54) is 24.5 Å².